The van der Waals surface area contributed by atoms with Gasteiger partial charge in [0, 0.05) is 24.8 Å². The molecule has 1 amide bonds. The predicted molar refractivity (Wildman–Crippen MR) is 81.4 cm³/mol. The molecule has 0 bridgehead atoms. The van der Waals surface area contributed by atoms with Crippen LogP contribution in [0.3, 0.4) is 0 Å². The Morgan fingerprint density at radius 2 is 2.05 bits per heavy atom. The fourth-order valence-corrected chi connectivity index (χ4v) is 3.87. The minimum Gasteiger partial charge on any atom is -0.334 e. The van der Waals surface area contributed by atoms with Gasteiger partial charge >= 0.3 is 0 Å². The quantitative estimate of drug-likeness (QED) is 0.916. The van der Waals surface area contributed by atoms with E-state index >= 15 is 0 Å². The average molecular weight is 289 g/mol. The second-order valence-corrected chi connectivity index (χ2v) is 5.96. The van der Waals surface area contributed by atoms with E-state index in [-0.39, 0.29) is 23.1 Å². The minimum absolute atomic E-state index is 0.109. The first-order valence-corrected chi connectivity index (χ1v) is 7.95. The van der Waals surface area contributed by atoms with Crippen LogP contribution >= 0.6 is 0 Å². The van der Waals surface area contributed by atoms with Crippen LogP contribution < -0.4 is 5.56 Å². The largest absolute Gasteiger partial charge is 0.334 e. The summed E-state index contributed by atoms with van der Waals surface area (Å²) >= 11 is 0. The Hall–Kier alpha value is -1.62. The lowest BCUT2D eigenvalue weighted by molar-refractivity contribution is 0.0648. The number of hydrogen-bond acceptors (Lipinski definition) is 3. The number of likely N-dealkylation sites (N-methyl/N-ethyl adjacent to an activating group) is 1. The second-order valence-electron chi connectivity index (χ2n) is 5.96. The van der Waals surface area contributed by atoms with E-state index in [1.165, 1.54) is 6.42 Å². The highest BCUT2D eigenvalue weighted by Gasteiger charge is 2.39. The molecule has 3 heterocycles. The number of nitrogens with zero attached hydrogens (tertiary/aromatic N) is 2. The van der Waals surface area contributed by atoms with Crippen molar-refractivity contribution in [2.75, 3.05) is 19.6 Å². The zero-order valence-corrected chi connectivity index (χ0v) is 12.5. The van der Waals surface area contributed by atoms with Crippen LogP contribution in [0.4, 0.5) is 0 Å². The molecule has 2 saturated heterocycles. The van der Waals surface area contributed by atoms with Crippen molar-refractivity contribution in [1.82, 2.24) is 14.8 Å². The van der Waals surface area contributed by atoms with Crippen molar-refractivity contribution in [2.24, 2.45) is 0 Å². The molecular weight excluding hydrogens is 266 g/mol. The molecule has 2 aliphatic rings. The summed E-state index contributed by atoms with van der Waals surface area (Å²) in [4.78, 5) is 31.6. The minimum atomic E-state index is -0.285. The van der Waals surface area contributed by atoms with Crippen LogP contribution in [0.25, 0.3) is 0 Å². The molecule has 1 N–H and O–H groups in total. The molecule has 114 valence electrons. The molecule has 2 fully saturated rings. The molecule has 0 spiro atoms. The number of likely N-dealkylation sites (tertiary alicyclic amines) is 2. The van der Waals surface area contributed by atoms with Crippen molar-refractivity contribution >= 4 is 5.91 Å². The fourth-order valence-electron chi connectivity index (χ4n) is 3.87. The first-order valence-electron chi connectivity index (χ1n) is 7.95. The van der Waals surface area contributed by atoms with Crippen LogP contribution in [-0.2, 0) is 0 Å². The lowest BCUT2D eigenvalue weighted by Gasteiger charge is -2.34. The van der Waals surface area contributed by atoms with E-state index in [9.17, 15) is 9.59 Å². The number of carbonyl (C=O) groups is 1. The molecular formula is C16H23N3O2. The summed E-state index contributed by atoms with van der Waals surface area (Å²) in [7, 11) is 0. The smallest absolute Gasteiger partial charge is 0.260 e. The number of aromatic nitrogens is 1. The van der Waals surface area contributed by atoms with Crippen molar-refractivity contribution in [3.8, 4) is 0 Å². The summed E-state index contributed by atoms with van der Waals surface area (Å²) in [5.74, 6) is -0.109. The topological polar surface area (TPSA) is 56.4 Å². The molecule has 1 aromatic rings. The maximum atomic E-state index is 12.7. The van der Waals surface area contributed by atoms with Crippen LogP contribution in [0.2, 0.25) is 0 Å². The average Bonchev–Trinajstić information content (AvgIpc) is 3.15. The monoisotopic (exact) mass is 289 g/mol. The van der Waals surface area contributed by atoms with Gasteiger partial charge in [0.25, 0.3) is 11.5 Å². The van der Waals surface area contributed by atoms with Crippen molar-refractivity contribution in [1.29, 1.82) is 0 Å². The number of nitrogens with one attached hydrogen (secondary N) is 1. The first-order chi connectivity index (χ1) is 10.2. The maximum absolute atomic E-state index is 12.7. The highest BCUT2D eigenvalue weighted by atomic mass is 16.2. The highest BCUT2D eigenvalue weighted by Crippen LogP contribution is 2.30. The summed E-state index contributed by atoms with van der Waals surface area (Å²) in [6.07, 6.45) is 6.03. The number of hydrogen-bond donors (Lipinski definition) is 1. The van der Waals surface area contributed by atoms with Gasteiger partial charge in [-0.2, -0.15) is 0 Å². The Morgan fingerprint density at radius 1 is 1.29 bits per heavy atom. The van der Waals surface area contributed by atoms with E-state index in [0.717, 1.165) is 38.9 Å². The van der Waals surface area contributed by atoms with E-state index in [4.69, 9.17) is 0 Å². The Kier molecular flexibility index (Phi) is 4.10. The number of pyridine rings is 1. The van der Waals surface area contributed by atoms with E-state index in [1.54, 1.807) is 18.3 Å². The van der Waals surface area contributed by atoms with E-state index in [1.807, 2.05) is 4.90 Å². The van der Waals surface area contributed by atoms with Gasteiger partial charge in [-0.15, -0.1) is 0 Å². The summed E-state index contributed by atoms with van der Waals surface area (Å²) in [5, 5.41) is 0. The number of aromatic amines is 1. The Morgan fingerprint density at radius 3 is 2.81 bits per heavy atom. The zero-order valence-electron chi connectivity index (χ0n) is 12.5. The third-order valence-corrected chi connectivity index (χ3v) is 4.87. The van der Waals surface area contributed by atoms with E-state index in [0.29, 0.717) is 6.04 Å². The fraction of sp³-hybridized carbons (Fsp3) is 0.625. The van der Waals surface area contributed by atoms with Gasteiger partial charge in [-0.1, -0.05) is 6.92 Å². The third-order valence-electron chi connectivity index (χ3n) is 4.87. The van der Waals surface area contributed by atoms with Gasteiger partial charge in [0.05, 0.1) is 0 Å². The third kappa shape index (κ3) is 2.62. The maximum Gasteiger partial charge on any atom is 0.260 e. The molecule has 2 atom stereocenters. The Labute approximate surface area is 124 Å². The van der Waals surface area contributed by atoms with Crippen molar-refractivity contribution < 1.29 is 4.79 Å². The molecule has 0 radical (unpaired) electrons. The highest BCUT2D eigenvalue weighted by molar-refractivity contribution is 5.94. The van der Waals surface area contributed by atoms with Gasteiger partial charge < -0.3 is 9.88 Å². The summed E-state index contributed by atoms with van der Waals surface area (Å²) in [5.41, 5.74) is -0.0163. The molecule has 0 saturated carbocycles. The van der Waals surface area contributed by atoms with Gasteiger partial charge in [-0.3, -0.25) is 14.5 Å². The summed E-state index contributed by atoms with van der Waals surface area (Å²) < 4.78 is 0. The van der Waals surface area contributed by atoms with Gasteiger partial charge in [-0.25, -0.2) is 0 Å². The van der Waals surface area contributed by atoms with E-state index in [2.05, 4.69) is 16.8 Å². The van der Waals surface area contributed by atoms with E-state index < -0.39 is 0 Å². The molecule has 0 aromatic carbocycles. The van der Waals surface area contributed by atoms with Crippen LogP contribution in [0, 0.1) is 0 Å². The van der Waals surface area contributed by atoms with Crippen molar-refractivity contribution in [3.05, 3.63) is 34.2 Å². The molecule has 3 rings (SSSR count). The number of carbonyl (C=O) groups excluding carboxylic acids is 1. The van der Waals surface area contributed by atoms with Gasteiger partial charge in [0.15, 0.2) is 0 Å². The lowest BCUT2D eigenvalue weighted by Crippen LogP contribution is -2.49. The molecule has 1 aromatic heterocycles. The van der Waals surface area contributed by atoms with Gasteiger partial charge in [0.1, 0.15) is 5.56 Å². The SMILES string of the molecule is CCN1CCC[C@@H]1[C@H]1CCCN1C(=O)c1ccc[nH]c1=O. The molecule has 21 heavy (non-hydrogen) atoms. The summed E-state index contributed by atoms with van der Waals surface area (Å²) in [6, 6.07) is 4.07. The normalized spacial score (nSPS) is 26.4. The van der Waals surface area contributed by atoms with Crippen LogP contribution in [0.15, 0.2) is 23.1 Å². The zero-order chi connectivity index (χ0) is 14.8. The second kappa shape index (κ2) is 6.02. The Balaban J connectivity index is 1.82. The lowest BCUT2D eigenvalue weighted by atomic mass is 10.0. The standard InChI is InChI=1S/C16H23N3O2/c1-2-18-10-4-7-13(18)14-8-5-11-19(14)16(21)12-6-3-9-17-15(12)20/h3,6,9,13-14H,2,4-5,7-8,10-11H2,1H3,(H,17,20)/t13-,14-/m1/s1. The molecule has 0 aliphatic carbocycles. The van der Waals surface area contributed by atoms with Gasteiger partial charge in [-0.05, 0) is 50.9 Å². The van der Waals surface area contributed by atoms with Crippen LogP contribution in [0.5, 0.6) is 0 Å². The van der Waals surface area contributed by atoms with Crippen LogP contribution in [0.1, 0.15) is 43.0 Å². The van der Waals surface area contributed by atoms with Crippen molar-refractivity contribution in [3.63, 3.8) is 0 Å². The summed E-state index contributed by atoms with van der Waals surface area (Å²) in [6.45, 7) is 5.12. The molecule has 0 unspecified atom stereocenters. The van der Waals surface area contributed by atoms with Gasteiger partial charge in [0.2, 0.25) is 0 Å². The molecule has 2 aliphatic heterocycles. The number of rotatable bonds is 3. The number of H-pyrrole nitrogens is 1. The van der Waals surface area contributed by atoms with Crippen LogP contribution in [-0.4, -0.2) is 52.4 Å². The predicted octanol–water partition coefficient (Wildman–Crippen LogP) is 1.46. The molecule has 5 heteroatoms. The van der Waals surface area contributed by atoms with Crippen molar-refractivity contribution in [2.45, 2.75) is 44.7 Å². The Bertz CT molecular complexity index is 569. The first kappa shape index (κ1) is 14.3. The number of amides is 1. The molecule has 5 nitrogen and oxygen atoms in total.